The van der Waals surface area contributed by atoms with Crippen molar-refractivity contribution in [2.75, 3.05) is 7.05 Å². The molecule has 0 fully saturated rings. The van der Waals surface area contributed by atoms with Crippen molar-refractivity contribution in [2.45, 2.75) is 37.9 Å². The highest BCUT2D eigenvalue weighted by atomic mass is 19.4. The quantitative estimate of drug-likeness (QED) is 0.801. The molecule has 0 bridgehead atoms. The van der Waals surface area contributed by atoms with Crippen molar-refractivity contribution in [2.24, 2.45) is 0 Å². The van der Waals surface area contributed by atoms with Gasteiger partial charge in [0.25, 0.3) is 0 Å². The first kappa shape index (κ1) is 15.9. The van der Waals surface area contributed by atoms with Crippen LogP contribution in [0.5, 0.6) is 0 Å². The van der Waals surface area contributed by atoms with Crippen molar-refractivity contribution >= 4 is 0 Å². The third-order valence-corrected chi connectivity index (χ3v) is 2.88. The van der Waals surface area contributed by atoms with Gasteiger partial charge in [0.15, 0.2) is 0 Å². The maximum atomic E-state index is 13.3. The Bertz CT molecular complexity index is 396. The summed E-state index contributed by atoms with van der Waals surface area (Å²) in [6, 6.07) is 3.70. The van der Waals surface area contributed by atoms with Gasteiger partial charge in [-0.25, -0.2) is 0 Å². The highest BCUT2D eigenvalue weighted by molar-refractivity contribution is 5.27. The van der Waals surface area contributed by atoms with E-state index in [0.717, 1.165) is 25.5 Å². The van der Waals surface area contributed by atoms with E-state index in [1.54, 1.807) is 12.1 Å². The summed E-state index contributed by atoms with van der Waals surface area (Å²) in [5.74, 6) is -4.81. The molecule has 6 heteroatoms. The lowest BCUT2D eigenvalue weighted by molar-refractivity contribution is -0.293. The Hall–Kier alpha value is -1.17. The van der Waals surface area contributed by atoms with Crippen molar-refractivity contribution in [1.29, 1.82) is 0 Å². The number of alkyl halides is 5. The fourth-order valence-electron chi connectivity index (χ4n) is 1.89. The molecule has 0 heterocycles. The van der Waals surface area contributed by atoms with Crippen LogP contribution in [0.2, 0.25) is 0 Å². The van der Waals surface area contributed by atoms with Gasteiger partial charge in [-0.2, -0.15) is 22.0 Å². The monoisotopic (exact) mass is 281 g/mol. The van der Waals surface area contributed by atoms with E-state index >= 15 is 0 Å². The van der Waals surface area contributed by atoms with Crippen molar-refractivity contribution in [3.05, 3.63) is 35.4 Å². The molecule has 1 nitrogen and oxygen atoms in total. The van der Waals surface area contributed by atoms with Gasteiger partial charge in [0.2, 0.25) is 0 Å². The van der Waals surface area contributed by atoms with Crippen molar-refractivity contribution in [3.63, 3.8) is 0 Å². The van der Waals surface area contributed by atoms with Gasteiger partial charge in [0, 0.05) is 0 Å². The molecule has 1 aromatic rings. The molecule has 0 aliphatic heterocycles. The van der Waals surface area contributed by atoms with Crippen LogP contribution in [0.4, 0.5) is 22.0 Å². The van der Waals surface area contributed by atoms with Crippen molar-refractivity contribution in [1.82, 2.24) is 5.32 Å². The summed E-state index contributed by atoms with van der Waals surface area (Å²) in [4.78, 5) is 0. The van der Waals surface area contributed by atoms with Crippen LogP contribution < -0.4 is 5.32 Å². The molecule has 1 aromatic carbocycles. The Morgan fingerprint density at radius 2 is 1.58 bits per heavy atom. The van der Waals surface area contributed by atoms with E-state index in [4.69, 9.17) is 0 Å². The summed E-state index contributed by atoms with van der Waals surface area (Å²) in [5.41, 5.74) is 0.834. The number of hydrogen-bond acceptors (Lipinski definition) is 1. The molecule has 0 aliphatic rings. The topological polar surface area (TPSA) is 12.0 Å². The average Bonchev–Trinajstić information content (AvgIpc) is 2.31. The first-order valence-corrected chi connectivity index (χ1v) is 5.94. The second-order valence-corrected chi connectivity index (χ2v) is 4.33. The number of nitrogens with one attached hydrogen (secondary N) is 1. The highest BCUT2D eigenvalue weighted by Gasteiger charge is 2.62. The molecule has 1 N–H and O–H groups in total. The van der Waals surface area contributed by atoms with Crippen LogP contribution >= 0.6 is 0 Å². The summed E-state index contributed by atoms with van der Waals surface area (Å²) in [6.07, 6.45) is -3.93. The lowest BCUT2D eigenvalue weighted by atomic mass is 9.98. The predicted octanol–water partition coefficient (Wildman–Crippen LogP) is 4.10. The van der Waals surface area contributed by atoms with Crippen LogP contribution in [-0.2, 0) is 6.42 Å². The third-order valence-electron chi connectivity index (χ3n) is 2.88. The SMILES string of the molecule is CCCc1ccc(C(NC)C(F)(F)C(F)(F)F)cc1. The van der Waals surface area contributed by atoms with E-state index in [2.05, 4.69) is 0 Å². The third kappa shape index (κ3) is 3.43. The maximum Gasteiger partial charge on any atom is 0.455 e. The molecule has 1 unspecified atom stereocenters. The van der Waals surface area contributed by atoms with Crippen LogP contribution in [0.25, 0.3) is 0 Å². The molecule has 19 heavy (non-hydrogen) atoms. The van der Waals surface area contributed by atoms with E-state index in [-0.39, 0.29) is 5.56 Å². The maximum absolute atomic E-state index is 13.3. The zero-order valence-electron chi connectivity index (χ0n) is 10.7. The van der Waals surface area contributed by atoms with E-state index in [1.807, 2.05) is 12.2 Å². The van der Waals surface area contributed by atoms with Crippen LogP contribution in [0, 0.1) is 0 Å². The molecular weight excluding hydrogens is 265 g/mol. The first-order chi connectivity index (χ1) is 8.74. The molecule has 0 radical (unpaired) electrons. The van der Waals surface area contributed by atoms with Crippen molar-refractivity contribution in [3.8, 4) is 0 Å². The van der Waals surface area contributed by atoms with Gasteiger partial charge < -0.3 is 5.32 Å². The van der Waals surface area contributed by atoms with Gasteiger partial charge in [-0.3, -0.25) is 0 Å². The molecule has 1 atom stereocenters. The van der Waals surface area contributed by atoms with E-state index < -0.39 is 18.1 Å². The van der Waals surface area contributed by atoms with Crippen molar-refractivity contribution < 1.29 is 22.0 Å². The minimum absolute atomic E-state index is 0.0790. The van der Waals surface area contributed by atoms with Gasteiger partial charge >= 0.3 is 12.1 Å². The van der Waals surface area contributed by atoms with Gasteiger partial charge in [0.1, 0.15) is 6.04 Å². The number of benzene rings is 1. The molecule has 0 spiro atoms. The summed E-state index contributed by atoms with van der Waals surface area (Å²) in [5, 5.41) is 2.05. The molecule has 108 valence electrons. The Balaban J connectivity index is 3.03. The van der Waals surface area contributed by atoms with E-state index in [1.165, 1.54) is 12.1 Å². The molecular formula is C13H16F5N. The van der Waals surface area contributed by atoms with Gasteiger partial charge in [-0.1, -0.05) is 37.6 Å². The predicted molar refractivity (Wildman–Crippen MR) is 63.2 cm³/mol. The number of halogens is 5. The lowest BCUT2D eigenvalue weighted by Gasteiger charge is -2.28. The standard InChI is InChI=1S/C13H16F5N/c1-3-4-9-5-7-10(8-6-9)11(19-2)12(14,15)13(16,17)18/h5-8,11,19H,3-4H2,1-2H3. The number of aryl methyl sites for hydroxylation is 1. The van der Waals surface area contributed by atoms with Crippen LogP contribution in [-0.4, -0.2) is 19.1 Å². The Morgan fingerprint density at radius 3 is 1.95 bits per heavy atom. The molecule has 0 aromatic heterocycles. The van der Waals surface area contributed by atoms with Crippen LogP contribution in [0.1, 0.15) is 30.5 Å². The molecule has 1 rings (SSSR count). The Labute approximate surface area is 108 Å². The second-order valence-electron chi connectivity index (χ2n) is 4.33. The van der Waals surface area contributed by atoms with Gasteiger partial charge in [0.05, 0.1) is 0 Å². The second kappa shape index (κ2) is 5.86. The summed E-state index contributed by atoms with van der Waals surface area (Å²) < 4.78 is 63.8. The lowest BCUT2D eigenvalue weighted by Crippen LogP contribution is -2.47. The fraction of sp³-hybridized carbons (Fsp3) is 0.538. The smallest absolute Gasteiger partial charge is 0.308 e. The summed E-state index contributed by atoms with van der Waals surface area (Å²) in [6.45, 7) is 1.96. The molecule has 0 aliphatic carbocycles. The average molecular weight is 281 g/mol. The summed E-state index contributed by atoms with van der Waals surface area (Å²) >= 11 is 0. The minimum Gasteiger partial charge on any atom is -0.308 e. The normalized spacial score (nSPS) is 14.5. The summed E-state index contributed by atoms with van der Waals surface area (Å²) in [7, 11) is 1.09. The number of rotatable bonds is 5. The van der Waals surface area contributed by atoms with Gasteiger partial charge in [-0.05, 0) is 24.6 Å². The fourth-order valence-corrected chi connectivity index (χ4v) is 1.89. The molecule has 0 amide bonds. The first-order valence-electron chi connectivity index (χ1n) is 5.94. The Morgan fingerprint density at radius 1 is 1.05 bits per heavy atom. The van der Waals surface area contributed by atoms with E-state index in [9.17, 15) is 22.0 Å². The largest absolute Gasteiger partial charge is 0.455 e. The van der Waals surface area contributed by atoms with E-state index in [0.29, 0.717) is 0 Å². The van der Waals surface area contributed by atoms with Crippen LogP contribution in [0.15, 0.2) is 24.3 Å². The zero-order chi connectivity index (χ0) is 14.7. The Kier molecular flexibility index (Phi) is 4.90. The highest BCUT2D eigenvalue weighted by Crippen LogP contribution is 2.44. The zero-order valence-corrected chi connectivity index (χ0v) is 10.7. The van der Waals surface area contributed by atoms with Crippen LogP contribution in [0.3, 0.4) is 0 Å². The minimum atomic E-state index is -5.58. The number of hydrogen-bond donors (Lipinski definition) is 1. The van der Waals surface area contributed by atoms with Gasteiger partial charge in [-0.15, -0.1) is 0 Å². The molecule has 0 saturated heterocycles. The molecule has 0 saturated carbocycles.